The van der Waals surface area contributed by atoms with E-state index in [1.54, 1.807) is 0 Å². The van der Waals surface area contributed by atoms with Crippen LogP contribution in [0.15, 0.2) is 30.3 Å². The number of para-hydroxylation sites is 1. The molecule has 2 heteroatoms. The zero-order valence-electron chi connectivity index (χ0n) is 10.5. The van der Waals surface area contributed by atoms with Gasteiger partial charge >= 0.3 is 0 Å². The van der Waals surface area contributed by atoms with Crippen LogP contribution in [0.5, 0.6) is 0 Å². The first-order valence-electron chi connectivity index (χ1n) is 6.04. The summed E-state index contributed by atoms with van der Waals surface area (Å²) < 4.78 is 2.29. The molecule has 1 aromatic carbocycles. The fourth-order valence-corrected chi connectivity index (χ4v) is 2.01. The molecule has 0 aliphatic carbocycles. The van der Waals surface area contributed by atoms with E-state index < -0.39 is 0 Å². The van der Waals surface area contributed by atoms with E-state index in [2.05, 4.69) is 59.0 Å². The van der Waals surface area contributed by atoms with Crippen LogP contribution in [0, 0.1) is 11.8 Å². The molecular formula is C15H18N2. The van der Waals surface area contributed by atoms with Crippen LogP contribution in [0.2, 0.25) is 0 Å². The first-order chi connectivity index (χ1) is 8.36. The Morgan fingerprint density at radius 2 is 2.12 bits per heavy atom. The lowest BCUT2D eigenvalue weighted by molar-refractivity contribution is 0.675. The quantitative estimate of drug-likeness (QED) is 0.793. The molecule has 88 valence electrons. The van der Waals surface area contributed by atoms with Crippen molar-refractivity contribution in [2.45, 2.75) is 26.9 Å². The number of nitrogens with one attached hydrogen (secondary N) is 1. The maximum absolute atomic E-state index is 3.37. The van der Waals surface area contributed by atoms with Crippen LogP contribution in [-0.4, -0.2) is 11.1 Å². The topological polar surface area (TPSA) is 17.0 Å². The van der Waals surface area contributed by atoms with E-state index >= 15 is 0 Å². The standard InChI is InChI=1S/C15H18N2/c1-3-5-10-17-14(12-16-4-2)11-13-8-6-7-9-15(13)17/h6-9,11,16H,4,10,12H2,1-2H3. The fourth-order valence-electron chi connectivity index (χ4n) is 2.01. The molecule has 0 fully saturated rings. The predicted molar refractivity (Wildman–Crippen MR) is 72.8 cm³/mol. The van der Waals surface area contributed by atoms with Crippen molar-refractivity contribution in [3.05, 3.63) is 36.0 Å². The van der Waals surface area contributed by atoms with Crippen LogP contribution in [0.3, 0.4) is 0 Å². The van der Waals surface area contributed by atoms with Crippen molar-refractivity contribution in [1.29, 1.82) is 0 Å². The summed E-state index contributed by atoms with van der Waals surface area (Å²) >= 11 is 0. The Kier molecular flexibility index (Phi) is 3.85. The second-order valence-electron chi connectivity index (χ2n) is 3.99. The van der Waals surface area contributed by atoms with Gasteiger partial charge in [-0.15, -0.1) is 5.92 Å². The molecule has 1 heterocycles. The lowest BCUT2D eigenvalue weighted by Crippen LogP contribution is -2.15. The average molecular weight is 226 g/mol. The lowest BCUT2D eigenvalue weighted by Gasteiger charge is -2.07. The largest absolute Gasteiger partial charge is 0.332 e. The minimum Gasteiger partial charge on any atom is -0.332 e. The van der Waals surface area contributed by atoms with Crippen molar-refractivity contribution in [1.82, 2.24) is 9.88 Å². The lowest BCUT2D eigenvalue weighted by atomic mass is 10.2. The third kappa shape index (κ3) is 2.51. The van der Waals surface area contributed by atoms with Crippen molar-refractivity contribution in [3.63, 3.8) is 0 Å². The van der Waals surface area contributed by atoms with Crippen molar-refractivity contribution >= 4 is 10.9 Å². The highest BCUT2D eigenvalue weighted by Crippen LogP contribution is 2.19. The highest BCUT2D eigenvalue weighted by atomic mass is 15.0. The van der Waals surface area contributed by atoms with Gasteiger partial charge in [0.1, 0.15) is 0 Å². The van der Waals surface area contributed by atoms with Gasteiger partial charge in [0.15, 0.2) is 0 Å². The van der Waals surface area contributed by atoms with Gasteiger partial charge in [-0.2, -0.15) is 0 Å². The van der Waals surface area contributed by atoms with Gasteiger partial charge < -0.3 is 9.88 Å². The van der Waals surface area contributed by atoms with Crippen LogP contribution >= 0.6 is 0 Å². The van der Waals surface area contributed by atoms with E-state index in [1.165, 1.54) is 16.6 Å². The SMILES string of the molecule is CC#CCn1c(CNCC)cc2ccccc21. The normalized spacial score (nSPS) is 10.2. The number of hydrogen-bond acceptors (Lipinski definition) is 1. The first kappa shape index (κ1) is 11.8. The molecule has 0 aliphatic rings. The molecule has 0 atom stereocenters. The molecule has 0 spiro atoms. The summed E-state index contributed by atoms with van der Waals surface area (Å²) in [6, 6.07) is 10.7. The smallest absolute Gasteiger partial charge is 0.0840 e. The summed E-state index contributed by atoms with van der Waals surface area (Å²) in [7, 11) is 0. The predicted octanol–water partition coefficient (Wildman–Crippen LogP) is 2.77. The van der Waals surface area contributed by atoms with Gasteiger partial charge in [-0.3, -0.25) is 0 Å². The summed E-state index contributed by atoms with van der Waals surface area (Å²) in [5, 5.41) is 4.66. The summed E-state index contributed by atoms with van der Waals surface area (Å²) in [5.74, 6) is 6.11. The molecule has 0 aliphatic heterocycles. The monoisotopic (exact) mass is 226 g/mol. The first-order valence-corrected chi connectivity index (χ1v) is 6.04. The Morgan fingerprint density at radius 3 is 2.88 bits per heavy atom. The van der Waals surface area contributed by atoms with Gasteiger partial charge in [-0.05, 0) is 31.0 Å². The molecule has 0 unspecified atom stereocenters. The van der Waals surface area contributed by atoms with E-state index in [0.29, 0.717) is 0 Å². The minimum atomic E-state index is 0.769. The van der Waals surface area contributed by atoms with Crippen LogP contribution in [0.25, 0.3) is 10.9 Å². The Balaban J connectivity index is 2.43. The molecule has 0 amide bonds. The molecule has 1 N–H and O–H groups in total. The number of benzene rings is 1. The van der Waals surface area contributed by atoms with E-state index in [9.17, 15) is 0 Å². The van der Waals surface area contributed by atoms with Crippen LogP contribution in [0.4, 0.5) is 0 Å². The molecule has 2 nitrogen and oxygen atoms in total. The fraction of sp³-hybridized carbons (Fsp3) is 0.333. The number of nitrogens with zero attached hydrogens (tertiary/aromatic N) is 1. The highest BCUT2D eigenvalue weighted by Gasteiger charge is 2.06. The average Bonchev–Trinajstić information content (AvgIpc) is 2.71. The number of fused-ring (bicyclic) bond motifs is 1. The Hall–Kier alpha value is -1.72. The van der Waals surface area contributed by atoms with E-state index in [0.717, 1.165) is 19.6 Å². The summed E-state index contributed by atoms with van der Waals surface area (Å²) in [6.07, 6.45) is 0. The molecule has 2 aromatic rings. The molecule has 17 heavy (non-hydrogen) atoms. The molecule has 0 saturated carbocycles. The van der Waals surface area contributed by atoms with E-state index in [4.69, 9.17) is 0 Å². The van der Waals surface area contributed by atoms with Gasteiger partial charge in [-0.25, -0.2) is 0 Å². The number of rotatable bonds is 4. The minimum absolute atomic E-state index is 0.769. The molecule has 0 radical (unpaired) electrons. The highest BCUT2D eigenvalue weighted by molar-refractivity contribution is 5.81. The Labute approximate surface area is 103 Å². The van der Waals surface area contributed by atoms with Crippen molar-refractivity contribution < 1.29 is 0 Å². The van der Waals surface area contributed by atoms with Gasteiger partial charge in [0.05, 0.1) is 6.54 Å². The Bertz CT molecular complexity index is 555. The molecule has 2 rings (SSSR count). The van der Waals surface area contributed by atoms with E-state index in [1.807, 2.05) is 6.92 Å². The Morgan fingerprint density at radius 1 is 1.29 bits per heavy atom. The summed E-state index contributed by atoms with van der Waals surface area (Å²) in [4.78, 5) is 0. The van der Waals surface area contributed by atoms with Gasteiger partial charge in [0.25, 0.3) is 0 Å². The number of hydrogen-bond donors (Lipinski definition) is 1. The summed E-state index contributed by atoms with van der Waals surface area (Å²) in [5.41, 5.74) is 2.57. The van der Waals surface area contributed by atoms with Crippen LogP contribution < -0.4 is 5.32 Å². The maximum atomic E-state index is 3.37. The van der Waals surface area contributed by atoms with Crippen LogP contribution in [-0.2, 0) is 13.1 Å². The van der Waals surface area contributed by atoms with Gasteiger partial charge in [0.2, 0.25) is 0 Å². The van der Waals surface area contributed by atoms with Crippen molar-refractivity contribution in [2.24, 2.45) is 0 Å². The second-order valence-corrected chi connectivity index (χ2v) is 3.99. The van der Waals surface area contributed by atoms with Crippen LogP contribution in [0.1, 0.15) is 19.5 Å². The second kappa shape index (κ2) is 5.56. The zero-order valence-corrected chi connectivity index (χ0v) is 10.5. The third-order valence-corrected chi connectivity index (χ3v) is 2.87. The molecular weight excluding hydrogens is 208 g/mol. The van der Waals surface area contributed by atoms with Gasteiger partial charge in [-0.1, -0.05) is 31.0 Å². The zero-order chi connectivity index (χ0) is 12.1. The van der Waals surface area contributed by atoms with Crippen molar-refractivity contribution in [2.75, 3.05) is 6.54 Å². The number of aromatic nitrogens is 1. The maximum Gasteiger partial charge on any atom is 0.0840 e. The van der Waals surface area contributed by atoms with Crippen molar-refractivity contribution in [3.8, 4) is 11.8 Å². The van der Waals surface area contributed by atoms with E-state index in [-0.39, 0.29) is 0 Å². The van der Waals surface area contributed by atoms with Gasteiger partial charge in [0, 0.05) is 17.8 Å². The molecule has 1 aromatic heterocycles. The third-order valence-electron chi connectivity index (χ3n) is 2.87. The summed E-state index contributed by atoms with van der Waals surface area (Å²) in [6.45, 7) is 6.66. The molecule has 0 saturated heterocycles. The molecule has 0 bridgehead atoms.